The van der Waals surface area contributed by atoms with E-state index in [1.165, 1.54) is 5.57 Å². The Morgan fingerprint density at radius 3 is 2.76 bits per heavy atom. The number of phenols is 1. The number of carbonyl (C=O) groups is 1. The molecule has 150 valence electrons. The molecule has 0 bridgehead atoms. The van der Waals surface area contributed by atoms with Gasteiger partial charge in [-0.1, -0.05) is 23.8 Å². The van der Waals surface area contributed by atoms with Crippen LogP contribution >= 0.6 is 0 Å². The van der Waals surface area contributed by atoms with E-state index in [1.54, 1.807) is 12.1 Å². The van der Waals surface area contributed by atoms with E-state index < -0.39 is 0 Å². The Morgan fingerprint density at radius 1 is 1.21 bits per heavy atom. The van der Waals surface area contributed by atoms with Crippen LogP contribution in [0.1, 0.15) is 67.3 Å². The molecule has 0 unspecified atom stereocenters. The number of phenolic OH excluding ortho intramolecular Hbond substituents is 1. The van der Waals surface area contributed by atoms with Crippen molar-refractivity contribution in [2.75, 3.05) is 0 Å². The van der Waals surface area contributed by atoms with E-state index in [-0.39, 0.29) is 29.7 Å². The summed E-state index contributed by atoms with van der Waals surface area (Å²) >= 11 is 0. The van der Waals surface area contributed by atoms with Crippen LogP contribution in [0.2, 0.25) is 0 Å². The average Bonchev–Trinajstić information content (AvgIpc) is 2.65. The van der Waals surface area contributed by atoms with Crippen LogP contribution in [0, 0.1) is 0 Å². The molecule has 4 nitrogen and oxygen atoms in total. The molecule has 0 spiro atoms. The number of ketones is 1. The van der Waals surface area contributed by atoms with Gasteiger partial charge in [-0.2, -0.15) is 0 Å². The highest BCUT2D eigenvalue weighted by atomic mass is 16.5. The van der Waals surface area contributed by atoms with Gasteiger partial charge in [0.15, 0.2) is 5.78 Å². The third-order valence-corrected chi connectivity index (χ3v) is 5.29. The van der Waals surface area contributed by atoms with Crippen molar-refractivity contribution >= 4 is 11.9 Å². The number of aromatic hydroxyl groups is 1. The predicted octanol–water partition coefficient (Wildman–Crippen LogP) is 5.79. The molecule has 0 aliphatic carbocycles. The zero-order chi connectivity index (χ0) is 20.8. The Hall–Kier alpha value is -3.01. The van der Waals surface area contributed by atoms with Gasteiger partial charge in [-0.15, -0.1) is 0 Å². The summed E-state index contributed by atoms with van der Waals surface area (Å²) in [6.07, 6.45) is 6.57. The molecule has 2 aliphatic heterocycles. The lowest BCUT2D eigenvalue weighted by Gasteiger charge is -2.30. The van der Waals surface area contributed by atoms with Gasteiger partial charge >= 0.3 is 0 Å². The van der Waals surface area contributed by atoms with Gasteiger partial charge in [-0.3, -0.25) is 4.79 Å². The Bertz CT molecular complexity index is 1040. The first kappa shape index (κ1) is 19.3. The molecule has 2 heterocycles. The summed E-state index contributed by atoms with van der Waals surface area (Å²) < 4.78 is 12.1. The molecule has 2 aromatic rings. The van der Waals surface area contributed by atoms with Gasteiger partial charge in [0.1, 0.15) is 29.0 Å². The van der Waals surface area contributed by atoms with Crippen molar-refractivity contribution < 1.29 is 19.4 Å². The van der Waals surface area contributed by atoms with E-state index in [0.29, 0.717) is 17.7 Å². The molecule has 2 aromatic carbocycles. The number of ether oxygens (including phenoxy) is 2. The van der Waals surface area contributed by atoms with Crippen LogP contribution in [-0.4, -0.2) is 16.5 Å². The van der Waals surface area contributed by atoms with Crippen molar-refractivity contribution in [3.8, 4) is 17.2 Å². The lowest BCUT2D eigenvalue weighted by Crippen LogP contribution is -2.27. The minimum absolute atomic E-state index is 0.0281. The number of hydrogen-bond donors (Lipinski definition) is 1. The maximum absolute atomic E-state index is 12.8. The fourth-order valence-corrected chi connectivity index (χ4v) is 3.66. The molecule has 0 saturated carbocycles. The van der Waals surface area contributed by atoms with Crippen LogP contribution in [0.3, 0.4) is 0 Å². The zero-order valence-corrected chi connectivity index (χ0v) is 17.3. The molecule has 2 aliphatic rings. The van der Waals surface area contributed by atoms with Gasteiger partial charge in [-0.05, 0) is 69.5 Å². The fraction of sp³-hybridized carbons (Fsp3) is 0.320. The van der Waals surface area contributed by atoms with Gasteiger partial charge in [-0.25, -0.2) is 0 Å². The van der Waals surface area contributed by atoms with E-state index in [9.17, 15) is 9.90 Å². The first-order valence-electron chi connectivity index (χ1n) is 9.93. The lowest BCUT2D eigenvalue weighted by atomic mass is 9.92. The third-order valence-electron chi connectivity index (χ3n) is 5.29. The van der Waals surface area contributed by atoms with E-state index >= 15 is 0 Å². The van der Waals surface area contributed by atoms with Crippen molar-refractivity contribution in [3.05, 3.63) is 70.3 Å². The maximum Gasteiger partial charge on any atom is 0.170 e. The molecular weight excluding hydrogens is 364 g/mol. The smallest absolute Gasteiger partial charge is 0.170 e. The summed E-state index contributed by atoms with van der Waals surface area (Å²) in [5.74, 6) is 1.44. The second-order valence-electron chi connectivity index (χ2n) is 8.53. The number of rotatable bonds is 3. The van der Waals surface area contributed by atoms with E-state index in [1.807, 2.05) is 64.1 Å². The van der Waals surface area contributed by atoms with Crippen LogP contribution < -0.4 is 9.47 Å². The van der Waals surface area contributed by atoms with E-state index in [4.69, 9.17) is 9.47 Å². The van der Waals surface area contributed by atoms with Gasteiger partial charge in [0.05, 0.1) is 12.0 Å². The summed E-state index contributed by atoms with van der Waals surface area (Å²) in [5.41, 5.74) is 4.01. The molecule has 0 radical (unpaired) electrons. The summed E-state index contributed by atoms with van der Waals surface area (Å²) in [6.45, 7) is 8.04. The zero-order valence-electron chi connectivity index (χ0n) is 17.3. The minimum Gasteiger partial charge on any atom is -0.508 e. The molecule has 4 rings (SSSR count). The number of hydrogen-bond acceptors (Lipinski definition) is 4. The monoisotopic (exact) mass is 390 g/mol. The Kier molecular flexibility index (Phi) is 4.73. The molecule has 0 saturated heterocycles. The van der Waals surface area contributed by atoms with Gasteiger partial charge in [0.2, 0.25) is 0 Å². The van der Waals surface area contributed by atoms with Crippen LogP contribution in [0.5, 0.6) is 17.2 Å². The minimum atomic E-state index is -0.383. The van der Waals surface area contributed by atoms with Crippen molar-refractivity contribution in [3.63, 3.8) is 0 Å². The number of carbonyl (C=O) groups excluding carboxylic acids is 1. The van der Waals surface area contributed by atoms with Crippen molar-refractivity contribution in [2.45, 2.75) is 52.2 Å². The molecule has 1 atom stereocenters. The molecule has 0 aromatic heterocycles. The normalized spacial score (nSPS) is 18.9. The van der Waals surface area contributed by atoms with Crippen LogP contribution in [-0.2, 0) is 6.42 Å². The van der Waals surface area contributed by atoms with Crippen LogP contribution in [0.4, 0.5) is 0 Å². The Labute approximate surface area is 171 Å². The van der Waals surface area contributed by atoms with Gasteiger partial charge in [0.25, 0.3) is 0 Å². The first-order chi connectivity index (χ1) is 13.7. The standard InChI is InChI=1S/C25H26O4/c1-15(2)5-6-16-12-19-21(27)14-23(28-24(19)13-20(16)26)17-7-8-22-18(11-17)9-10-25(3,4)29-22/h5,7-13,23,26H,6,14H2,1-4H3/t23-/m0/s1. The maximum atomic E-state index is 12.8. The first-order valence-corrected chi connectivity index (χ1v) is 9.93. The Morgan fingerprint density at radius 2 is 2.00 bits per heavy atom. The number of benzene rings is 2. The summed E-state index contributed by atoms with van der Waals surface area (Å²) in [4.78, 5) is 12.8. The number of allylic oxidation sites excluding steroid dienone is 2. The molecule has 1 N–H and O–H groups in total. The van der Waals surface area contributed by atoms with Crippen LogP contribution in [0.15, 0.2) is 48.1 Å². The number of fused-ring (bicyclic) bond motifs is 2. The summed E-state index contributed by atoms with van der Waals surface area (Å²) in [5, 5.41) is 10.4. The molecule has 4 heteroatoms. The highest BCUT2D eigenvalue weighted by Crippen LogP contribution is 2.40. The van der Waals surface area contributed by atoms with Crippen molar-refractivity contribution in [1.82, 2.24) is 0 Å². The quantitative estimate of drug-likeness (QED) is 0.674. The van der Waals surface area contributed by atoms with E-state index in [2.05, 4.69) is 0 Å². The second kappa shape index (κ2) is 7.11. The van der Waals surface area contributed by atoms with E-state index in [0.717, 1.165) is 22.4 Å². The molecular formula is C25H26O4. The number of Topliss-reactive ketones (excluding diaryl/α,β-unsaturated/α-hetero) is 1. The lowest BCUT2D eigenvalue weighted by molar-refractivity contribution is 0.0849. The third kappa shape index (κ3) is 3.93. The fourth-order valence-electron chi connectivity index (χ4n) is 3.66. The summed E-state index contributed by atoms with van der Waals surface area (Å²) in [6, 6.07) is 9.21. The second-order valence-corrected chi connectivity index (χ2v) is 8.53. The topological polar surface area (TPSA) is 55.8 Å². The Balaban J connectivity index is 1.62. The van der Waals surface area contributed by atoms with Crippen LogP contribution in [0.25, 0.3) is 6.08 Å². The predicted molar refractivity (Wildman–Crippen MR) is 114 cm³/mol. The highest BCUT2D eigenvalue weighted by molar-refractivity contribution is 6.00. The highest BCUT2D eigenvalue weighted by Gasteiger charge is 2.30. The van der Waals surface area contributed by atoms with Crippen molar-refractivity contribution in [1.29, 1.82) is 0 Å². The molecule has 29 heavy (non-hydrogen) atoms. The molecule has 0 amide bonds. The van der Waals surface area contributed by atoms with Gasteiger partial charge in [0, 0.05) is 11.6 Å². The SMILES string of the molecule is CC(C)=CCc1cc2c(cc1O)O[C@H](c1ccc3c(c1)C=CC(C)(C)O3)CC2=O. The molecule has 0 fully saturated rings. The van der Waals surface area contributed by atoms with Gasteiger partial charge < -0.3 is 14.6 Å². The summed E-state index contributed by atoms with van der Waals surface area (Å²) in [7, 11) is 0. The largest absolute Gasteiger partial charge is 0.508 e. The average molecular weight is 390 g/mol. The van der Waals surface area contributed by atoms with Crippen molar-refractivity contribution in [2.24, 2.45) is 0 Å².